The summed E-state index contributed by atoms with van der Waals surface area (Å²) < 4.78 is 0. The summed E-state index contributed by atoms with van der Waals surface area (Å²) in [5.74, 6) is 0. The summed E-state index contributed by atoms with van der Waals surface area (Å²) in [6.45, 7) is 6.02. The van der Waals surface area contributed by atoms with Crippen LogP contribution in [0.1, 0.15) is 45.4 Å². The van der Waals surface area contributed by atoms with E-state index in [1.807, 2.05) is 30.3 Å². The van der Waals surface area contributed by atoms with Crippen LogP contribution in [0.5, 0.6) is 0 Å². The molecule has 1 aromatic rings. The Morgan fingerprint density at radius 3 is 1.87 bits per heavy atom. The zero-order valence-electron chi connectivity index (χ0n) is 10.0. The van der Waals surface area contributed by atoms with E-state index in [1.165, 1.54) is 32.1 Å². The third kappa shape index (κ3) is 16.5. The van der Waals surface area contributed by atoms with Crippen LogP contribution >= 0.6 is 0 Å². The Labute approximate surface area is 108 Å². The number of benzene rings is 1. The second kappa shape index (κ2) is 16.3. The first-order valence-corrected chi connectivity index (χ1v) is 5.62. The maximum atomic E-state index is 3.78. The molecule has 1 heteroatoms. The van der Waals surface area contributed by atoms with Gasteiger partial charge in [-0.05, 0) is 0 Å². The quantitative estimate of drug-likeness (QED) is 0.408. The Kier molecular flexibility index (Phi) is 18.7. The van der Waals surface area contributed by atoms with Gasteiger partial charge in [0.15, 0.2) is 0 Å². The van der Waals surface area contributed by atoms with Crippen molar-refractivity contribution in [1.29, 1.82) is 0 Å². The van der Waals surface area contributed by atoms with Gasteiger partial charge in [0.05, 0.1) is 0 Å². The van der Waals surface area contributed by atoms with E-state index in [2.05, 4.69) is 19.9 Å². The molecular formula is C14H22Zn. The molecule has 0 saturated heterocycles. The van der Waals surface area contributed by atoms with Gasteiger partial charge in [-0.1, -0.05) is 39.0 Å². The molecule has 0 radical (unpaired) electrons. The zero-order valence-corrected chi connectivity index (χ0v) is 13.0. The van der Waals surface area contributed by atoms with Crippen LogP contribution in [0.15, 0.2) is 30.3 Å². The first kappa shape index (κ1) is 17.2. The minimum atomic E-state index is 0. The van der Waals surface area contributed by atoms with E-state index in [0.717, 1.165) is 6.42 Å². The molecule has 0 aliphatic rings. The SMILES string of the molecule is [CH2-]CCCCCCC.[Zn+2].[c-]1ccccc1. The topological polar surface area (TPSA) is 0 Å². The molecule has 0 aliphatic heterocycles. The summed E-state index contributed by atoms with van der Waals surface area (Å²) in [5.41, 5.74) is 0. The fourth-order valence-corrected chi connectivity index (χ4v) is 1.12. The average molecular weight is 256 g/mol. The van der Waals surface area contributed by atoms with Crippen molar-refractivity contribution in [1.82, 2.24) is 0 Å². The summed E-state index contributed by atoms with van der Waals surface area (Å²) >= 11 is 0. The maximum absolute atomic E-state index is 3.78. The van der Waals surface area contributed by atoms with Crippen LogP contribution in [0.4, 0.5) is 0 Å². The molecule has 0 aliphatic carbocycles. The van der Waals surface area contributed by atoms with Gasteiger partial charge < -0.3 is 6.92 Å². The minimum Gasteiger partial charge on any atom is -0.343 e. The van der Waals surface area contributed by atoms with Crippen molar-refractivity contribution in [3.05, 3.63) is 43.3 Å². The molecule has 1 rings (SSSR count). The van der Waals surface area contributed by atoms with E-state index in [-0.39, 0.29) is 19.5 Å². The zero-order chi connectivity index (χ0) is 10.5. The monoisotopic (exact) mass is 254 g/mol. The molecule has 1 aromatic carbocycles. The second-order valence-corrected chi connectivity index (χ2v) is 3.35. The molecule has 0 aromatic heterocycles. The first-order chi connectivity index (χ1) is 6.91. The molecule has 0 saturated carbocycles. The Morgan fingerprint density at radius 2 is 1.53 bits per heavy atom. The van der Waals surface area contributed by atoms with Crippen molar-refractivity contribution in [2.24, 2.45) is 0 Å². The Bertz CT molecular complexity index is 139. The van der Waals surface area contributed by atoms with E-state index < -0.39 is 0 Å². The van der Waals surface area contributed by atoms with Crippen molar-refractivity contribution in [3.63, 3.8) is 0 Å². The maximum Gasteiger partial charge on any atom is 2.00 e. The molecular weight excluding hydrogens is 234 g/mol. The molecule has 0 N–H and O–H groups in total. The Balaban J connectivity index is 0. The van der Waals surface area contributed by atoms with Gasteiger partial charge in [0.1, 0.15) is 0 Å². The summed E-state index contributed by atoms with van der Waals surface area (Å²) in [4.78, 5) is 0. The standard InChI is InChI=1S/C8H17.C6H5.Zn/c1-3-5-7-8-6-4-2;1-2-4-6-5-3-1;/h1,3-8H2,2H3;1-5H;/q2*-1;+2. The molecule has 80 valence electrons. The van der Waals surface area contributed by atoms with Gasteiger partial charge in [-0.3, -0.25) is 0 Å². The predicted molar refractivity (Wildman–Crippen MR) is 64.0 cm³/mol. The van der Waals surface area contributed by atoms with Gasteiger partial charge in [-0.2, -0.15) is 42.8 Å². The van der Waals surface area contributed by atoms with Gasteiger partial charge in [-0.15, -0.1) is 0 Å². The molecule has 15 heavy (non-hydrogen) atoms. The molecule has 0 atom stereocenters. The van der Waals surface area contributed by atoms with Gasteiger partial charge in [0, 0.05) is 0 Å². The van der Waals surface area contributed by atoms with E-state index >= 15 is 0 Å². The van der Waals surface area contributed by atoms with Crippen LogP contribution in [0.3, 0.4) is 0 Å². The predicted octanol–water partition coefficient (Wildman–Crippen LogP) is 4.67. The van der Waals surface area contributed by atoms with Crippen LogP contribution < -0.4 is 0 Å². The van der Waals surface area contributed by atoms with Gasteiger partial charge in [-0.25, -0.2) is 0 Å². The van der Waals surface area contributed by atoms with Crippen molar-refractivity contribution < 1.29 is 19.5 Å². The third-order valence-corrected chi connectivity index (χ3v) is 1.96. The van der Waals surface area contributed by atoms with Gasteiger partial charge in [0.2, 0.25) is 0 Å². The largest absolute Gasteiger partial charge is 2.00 e. The number of unbranched alkanes of at least 4 members (excludes halogenated alkanes) is 5. The molecule has 0 amide bonds. The van der Waals surface area contributed by atoms with Crippen molar-refractivity contribution in [2.45, 2.75) is 45.4 Å². The van der Waals surface area contributed by atoms with E-state index in [1.54, 1.807) is 0 Å². The first-order valence-electron chi connectivity index (χ1n) is 5.62. The minimum absolute atomic E-state index is 0. The summed E-state index contributed by atoms with van der Waals surface area (Å²) in [6, 6.07) is 12.5. The number of rotatable bonds is 5. The molecule has 0 bridgehead atoms. The van der Waals surface area contributed by atoms with Crippen molar-refractivity contribution >= 4 is 0 Å². The normalized spacial score (nSPS) is 8.40. The molecule has 0 fully saturated rings. The molecule has 0 nitrogen and oxygen atoms in total. The van der Waals surface area contributed by atoms with Crippen LogP contribution in [0.2, 0.25) is 0 Å². The summed E-state index contributed by atoms with van der Waals surface area (Å²) in [5, 5.41) is 0. The van der Waals surface area contributed by atoms with Crippen molar-refractivity contribution in [2.75, 3.05) is 0 Å². The van der Waals surface area contributed by atoms with Gasteiger partial charge in [0.25, 0.3) is 0 Å². The van der Waals surface area contributed by atoms with Gasteiger partial charge >= 0.3 is 19.5 Å². The summed E-state index contributed by atoms with van der Waals surface area (Å²) in [6.07, 6.45) is 7.98. The average Bonchev–Trinajstić information content (AvgIpc) is 2.28. The van der Waals surface area contributed by atoms with Crippen LogP contribution in [0.25, 0.3) is 0 Å². The molecule has 0 heterocycles. The number of hydrogen-bond acceptors (Lipinski definition) is 0. The fourth-order valence-electron chi connectivity index (χ4n) is 1.12. The Hall–Kier alpha value is -0.157. The van der Waals surface area contributed by atoms with Crippen LogP contribution in [-0.4, -0.2) is 0 Å². The van der Waals surface area contributed by atoms with Crippen LogP contribution in [-0.2, 0) is 19.5 Å². The van der Waals surface area contributed by atoms with E-state index in [0.29, 0.717) is 0 Å². The van der Waals surface area contributed by atoms with Crippen molar-refractivity contribution in [3.8, 4) is 0 Å². The Morgan fingerprint density at radius 1 is 0.933 bits per heavy atom. The third-order valence-electron chi connectivity index (χ3n) is 1.96. The fraction of sp³-hybridized carbons (Fsp3) is 0.500. The van der Waals surface area contributed by atoms with Crippen LogP contribution in [0, 0.1) is 13.0 Å². The smallest absolute Gasteiger partial charge is 0.343 e. The van der Waals surface area contributed by atoms with E-state index in [4.69, 9.17) is 0 Å². The second-order valence-electron chi connectivity index (χ2n) is 3.35. The number of hydrogen-bond donors (Lipinski definition) is 0. The molecule has 0 unspecified atom stereocenters. The van der Waals surface area contributed by atoms with E-state index in [9.17, 15) is 0 Å². The molecule has 0 spiro atoms. The summed E-state index contributed by atoms with van der Waals surface area (Å²) in [7, 11) is 0.